The molecule has 1 aliphatic rings. The van der Waals surface area contributed by atoms with Gasteiger partial charge in [-0.05, 0) is 43.5 Å². The number of ether oxygens (including phenoxy) is 1. The molecule has 1 aliphatic heterocycles. The predicted molar refractivity (Wildman–Crippen MR) is 76.6 cm³/mol. The lowest BCUT2D eigenvalue weighted by atomic mass is 10.0. The number of nitrogens with one attached hydrogen (secondary N) is 1. The maximum atomic E-state index is 11.3. The van der Waals surface area contributed by atoms with Crippen LogP contribution in [0.5, 0.6) is 5.75 Å². The van der Waals surface area contributed by atoms with Gasteiger partial charge in [-0.2, -0.15) is 0 Å². The maximum absolute atomic E-state index is 11.3. The SMILES string of the molecule is COc1ccc(NC2CCN(C(C)=O)CC2)cc1C. The number of anilines is 1. The van der Waals surface area contributed by atoms with Crippen molar-refractivity contribution in [1.29, 1.82) is 0 Å². The molecule has 104 valence electrons. The summed E-state index contributed by atoms with van der Waals surface area (Å²) in [6, 6.07) is 6.59. The minimum Gasteiger partial charge on any atom is -0.496 e. The lowest BCUT2D eigenvalue weighted by Gasteiger charge is -2.32. The molecule has 1 fully saturated rings. The highest BCUT2D eigenvalue weighted by Crippen LogP contribution is 2.23. The summed E-state index contributed by atoms with van der Waals surface area (Å²) in [4.78, 5) is 13.2. The van der Waals surface area contributed by atoms with Crippen LogP contribution in [-0.4, -0.2) is 37.0 Å². The number of methoxy groups -OCH3 is 1. The summed E-state index contributed by atoms with van der Waals surface area (Å²) in [6.07, 6.45) is 2.01. The number of benzene rings is 1. The van der Waals surface area contributed by atoms with Crippen molar-refractivity contribution in [2.75, 3.05) is 25.5 Å². The van der Waals surface area contributed by atoms with E-state index in [4.69, 9.17) is 4.74 Å². The van der Waals surface area contributed by atoms with Gasteiger partial charge in [0, 0.05) is 31.7 Å². The van der Waals surface area contributed by atoms with E-state index in [1.54, 1.807) is 14.0 Å². The van der Waals surface area contributed by atoms with Gasteiger partial charge in [0.15, 0.2) is 0 Å². The van der Waals surface area contributed by atoms with Gasteiger partial charge < -0.3 is 15.0 Å². The molecule has 0 atom stereocenters. The maximum Gasteiger partial charge on any atom is 0.219 e. The highest BCUT2D eigenvalue weighted by molar-refractivity contribution is 5.73. The summed E-state index contributed by atoms with van der Waals surface area (Å²) in [7, 11) is 1.69. The van der Waals surface area contributed by atoms with E-state index in [0.29, 0.717) is 6.04 Å². The largest absolute Gasteiger partial charge is 0.496 e. The van der Waals surface area contributed by atoms with Crippen molar-refractivity contribution in [2.24, 2.45) is 0 Å². The number of hydrogen-bond acceptors (Lipinski definition) is 3. The predicted octanol–water partition coefficient (Wildman–Crippen LogP) is 2.43. The molecule has 0 unspecified atom stereocenters. The van der Waals surface area contributed by atoms with E-state index >= 15 is 0 Å². The van der Waals surface area contributed by atoms with Crippen LogP contribution in [0.25, 0.3) is 0 Å². The number of hydrogen-bond donors (Lipinski definition) is 1. The molecule has 0 saturated carbocycles. The number of amides is 1. The van der Waals surface area contributed by atoms with Gasteiger partial charge in [0.05, 0.1) is 7.11 Å². The summed E-state index contributed by atoms with van der Waals surface area (Å²) in [6.45, 7) is 5.38. The third-order valence-electron chi connectivity index (χ3n) is 3.71. The van der Waals surface area contributed by atoms with Crippen molar-refractivity contribution in [3.05, 3.63) is 23.8 Å². The first-order valence-electron chi connectivity index (χ1n) is 6.77. The summed E-state index contributed by atoms with van der Waals surface area (Å²) in [5, 5.41) is 3.54. The zero-order valence-corrected chi connectivity index (χ0v) is 11.9. The molecule has 0 aromatic heterocycles. The molecule has 1 amide bonds. The van der Waals surface area contributed by atoms with Gasteiger partial charge in [-0.25, -0.2) is 0 Å². The molecular formula is C15H22N2O2. The van der Waals surface area contributed by atoms with Crippen LogP contribution in [-0.2, 0) is 4.79 Å². The first-order valence-corrected chi connectivity index (χ1v) is 6.77. The van der Waals surface area contributed by atoms with E-state index in [9.17, 15) is 4.79 Å². The highest BCUT2D eigenvalue weighted by atomic mass is 16.5. The quantitative estimate of drug-likeness (QED) is 0.909. The van der Waals surface area contributed by atoms with Crippen molar-refractivity contribution in [1.82, 2.24) is 4.90 Å². The average molecular weight is 262 g/mol. The van der Waals surface area contributed by atoms with Gasteiger partial charge in [0.1, 0.15) is 5.75 Å². The second kappa shape index (κ2) is 5.95. The Balaban J connectivity index is 1.92. The Bertz CT molecular complexity index is 451. The van der Waals surface area contributed by atoms with Crippen LogP contribution in [0.2, 0.25) is 0 Å². The minimum atomic E-state index is 0.179. The van der Waals surface area contributed by atoms with Crippen LogP contribution in [0, 0.1) is 6.92 Å². The standard InChI is InChI=1S/C15H22N2O2/c1-11-10-14(4-5-15(11)19-3)16-13-6-8-17(9-7-13)12(2)18/h4-5,10,13,16H,6-9H2,1-3H3. The molecule has 1 aromatic carbocycles. The number of rotatable bonds is 3. The van der Waals surface area contributed by atoms with Crippen LogP contribution in [0.4, 0.5) is 5.69 Å². The van der Waals surface area contributed by atoms with E-state index in [0.717, 1.165) is 42.9 Å². The minimum absolute atomic E-state index is 0.179. The van der Waals surface area contributed by atoms with Crippen LogP contribution < -0.4 is 10.1 Å². The molecule has 0 aliphatic carbocycles. The second-order valence-electron chi connectivity index (χ2n) is 5.11. The summed E-state index contributed by atoms with van der Waals surface area (Å²) in [5.74, 6) is 1.09. The zero-order chi connectivity index (χ0) is 13.8. The number of piperidine rings is 1. The Morgan fingerprint density at radius 1 is 1.37 bits per heavy atom. The van der Waals surface area contributed by atoms with E-state index in [2.05, 4.69) is 11.4 Å². The van der Waals surface area contributed by atoms with E-state index in [1.165, 1.54) is 0 Å². The molecule has 1 N–H and O–H groups in total. The number of carbonyl (C=O) groups is 1. The Hall–Kier alpha value is -1.71. The smallest absolute Gasteiger partial charge is 0.219 e. The molecule has 19 heavy (non-hydrogen) atoms. The molecule has 0 spiro atoms. The fraction of sp³-hybridized carbons (Fsp3) is 0.533. The van der Waals surface area contributed by atoms with Gasteiger partial charge in [-0.3, -0.25) is 4.79 Å². The number of carbonyl (C=O) groups excluding carboxylic acids is 1. The third-order valence-corrected chi connectivity index (χ3v) is 3.71. The fourth-order valence-electron chi connectivity index (χ4n) is 2.54. The topological polar surface area (TPSA) is 41.6 Å². The van der Waals surface area contributed by atoms with Crippen molar-refractivity contribution >= 4 is 11.6 Å². The van der Waals surface area contributed by atoms with Crippen LogP contribution in [0.15, 0.2) is 18.2 Å². The van der Waals surface area contributed by atoms with Crippen molar-refractivity contribution in [3.8, 4) is 5.75 Å². The van der Waals surface area contributed by atoms with Crippen LogP contribution >= 0.6 is 0 Å². The fourth-order valence-corrected chi connectivity index (χ4v) is 2.54. The monoisotopic (exact) mass is 262 g/mol. The Morgan fingerprint density at radius 2 is 2.05 bits per heavy atom. The molecule has 4 heteroatoms. The molecule has 2 rings (SSSR count). The second-order valence-corrected chi connectivity index (χ2v) is 5.11. The normalized spacial score (nSPS) is 16.3. The first kappa shape index (κ1) is 13.7. The lowest BCUT2D eigenvalue weighted by Crippen LogP contribution is -2.41. The van der Waals surface area contributed by atoms with Crippen molar-refractivity contribution in [2.45, 2.75) is 32.7 Å². The Kier molecular flexibility index (Phi) is 4.30. The van der Waals surface area contributed by atoms with Crippen LogP contribution in [0.3, 0.4) is 0 Å². The lowest BCUT2D eigenvalue weighted by molar-refractivity contribution is -0.129. The van der Waals surface area contributed by atoms with Gasteiger partial charge in [0.25, 0.3) is 0 Å². The summed E-state index contributed by atoms with van der Waals surface area (Å²) < 4.78 is 5.26. The highest BCUT2D eigenvalue weighted by Gasteiger charge is 2.20. The van der Waals surface area contributed by atoms with E-state index < -0.39 is 0 Å². The summed E-state index contributed by atoms with van der Waals surface area (Å²) in [5.41, 5.74) is 2.26. The Morgan fingerprint density at radius 3 is 2.58 bits per heavy atom. The van der Waals surface area contributed by atoms with Crippen molar-refractivity contribution in [3.63, 3.8) is 0 Å². The Labute approximate surface area is 114 Å². The molecule has 1 heterocycles. The van der Waals surface area contributed by atoms with Crippen molar-refractivity contribution < 1.29 is 9.53 Å². The molecular weight excluding hydrogens is 240 g/mol. The number of aryl methyl sites for hydroxylation is 1. The van der Waals surface area contributed by atoms with Gasteiger partial charge in [-0.15, -0.1) is 0 Å². The number of likely N-dealkylation sites (tertiary alicyclic amines) is 1. The first-order chi connectivity index (χ1) is 9.10. The third kappa shape index (κ3) is 3.40. The van der Waals surface area contributed by atoms with E-state index in [-0.39, 0.29) is 5.91 Å². The molecule has 0 bridgehead atoms. The molecule has 1 saturated heterocycles. The number of nitrogens with zero attached hydrogens (tertiary/aromatic N) is 1. The molecule has 0 radical (unpaired) electrons. The summed E-state index contributed by atoms with van der Waals surface area (Å²) >= 11 is 0. The van der Waals surface area contributed by atoms with Gasteiger partial charge >= 0.3 is 0 Å². The van der Waals surface area contributed by atoms with Gasteiger partial charge in [0.2, 0.25) is 5.91 Å². The average Bonchev–Trinajstić information content (AvgIpc) is 2.39. The molecule has 4 nitrogen and oxygen atoms in total. The molecule has 1 aromatic rings. The van der Waals surface area contributed by atoms with Gasteiger partial charge in [-0.1, -0.05) is 0 Å². The van der Waals surface area contributed by atoms with Crippen LogP contribution in [0.1, 0.15) is 25.3 Å². The van der Waals surface area contributed by atoms with E-state index in [1.807, 2.05) is 24.0 Å². The zero-order valence-electron chi connectivity index (χ0n) is 11.9.